The van der Waals surface area contributed by atoms with Crippen LogP contribution in [0.1, 0.15) is 39.3 Å². The summed E-state index contributed by atoms with van der Waals surface area (Å²) >= 11 is 0. The van der Waals surface area contributed by atoms with Gasteiger partial charge in [0.2, 0.25) is 5.91 Å². The molecule has 0 aliphatic carbocycles. The van der Waals surface area contributed by atoms with E-state index in [0.717, 1.165) is 29.9 Å². The summed E-state index contributed by atoms with van der Waals surface area (Å²) in [4.78, 5) is 33.3. The number of pyridine rings is 1. The lowest BCUT2D eigenvalue weighted by molar-refractivity contribution is -0.119. The number of nitrogens with zero attached hydrogens (tertiary/aromatic N) is 3. The maximum absolute atomic E-state index is 13.0. The van der Waals surface area contributed by atoms with E-state index in [9.17, 15) is 9.59 Å². The fourth-order valence-electron chi connectivity index (χ4n) is 3.08. The van der Waals surface area contributed by atoms with Gasteiger partial charge in [0.15, 0.2) is 0 Å². The smallest absolute Gasteiger partial charge is 0.318 e. The first-order chi connectivity index (χ1) is 13.0. The van der Waals surface area contributed by atoms with Crippen LogP contribution in [0.3, 0.4) is 0 Å². The number of benzene rings is 1. The third-order valence-corrected chi connectivity index (χ3v) is 4.81. The SMILES string of the molecule is CCCN1Cc2nc(NC(=O)[C@H](C)CC)ccc2N(c2ccccc2)C1=O. The number of rotatable bonds is 6. The molecule has 0 spiro atoms. The second kappa shape index (κ2) is 8.20. The zero-order valence-electron chi connectivity index (χ0n) is 16.1. The van der Waals surface area contributed by atoms with Crippen molar-refractivity contribution in [2.24, 2.45) is 5.92 Å². The maximum Gasteiger partial charge on any atom is 0.329 e. The van der Waals surface area contributed by atoms with E-state index in [1.165, 1.54) is 0 Å². The Morgan fingerprint density at radius 1 is 1.19 bits per heavy atom. The Bertz CT molecular complexity index is 822. The van der Waals surface area contributed by atoms with E-state index in [-0.39, 0.29) is 17.9 Å². The summed E-state index contributed by atoms with van der Waals surface area (Å²) in [5, 5.41) is 2.88. The summed E-state index contributed by atoms with van der Waals surface area (Å²) in [6.45, 7) is 7.03. The fraction of sp³-hybridized carbons (Fsp3) is 0.381. The van der Waals surface area contributed by atoms with E-state index in [1.807, 2.05) is 57.2 Å². The second-order valence-corrected chi connectivity index (χ2v) is 6.84. The lowest BCUT2D eigenvalue weighted by Gasteiger charge is -2.36. The van der Waals surface area contributed by atoms with Crippen LogP contribution in [-0.4, -0.2) is 28.4 Å². The van der Waals surface area contributed by atoms with Gasteiger partial charge in [-0.15, -0.1) is 0 Å². The van der Waals surface area contributed by atoms with Crippen LogP contribution in [0.25, 0.3) is 0 Å². The number of aromatic nitrogens is 1. The highest BCUT2D eigenvalue weighted by Crippen LogP contribution is 2.34. The molecule has 3 rings (SSSR count). The molecule has 6 nitrogen and oxygen atoms in total. The molecular weight excluding hydrogens is 340 g/mol. The first-order valence-corrected chi connectivity index (χ1v) is 9.50. The summed E-state index contributed by atoms with van der Waals surface area (Å²) in [7, 11) is 0. The molecule has 1 N–H and O–H groups in total. The first-order valence-electron chi connectivity index (χ1n) is 9.50. The van der Waals surface area contributed by atoms with Gasteiger partial charge in [0.1, 0.15) is 5.82 Å². The zero-order valence-corrected chi connectivity index (χ0v) is 16.1. The highest BCUT2D eigenvalue weighted by Gasteiger charge is 2.32. The third kappa shape index (κ3) is 3.94. The van der Waals surface area contributed by atoms with E-state index in [1.54, 1.807) is 15.9 Å². The van der Waals surface area contributed by atoms with E-state index >= 15 is 0 Å². The Labute approximate surface area is 160 Å². The van der Waals surface area contributed by atoms with Crippen LogP contribution in [-0.2, 0) is 11.3 Å². The van der Waals surface area contributed by atoms with E-state index in [0.29, 0.717) is 18.9 Å². The molecule has 3 amide bonds. The van der Waals surface area contributed by atoms with E-state index in [4.69, 9.17) is 0 Å². The minimum Gasteiger partial charge on any atom is -0.318 e. The van der Waals surface area contributed by atoms with Crippen molar-refractivity contribution in [3.8, 4) is 0 Å². The van der Waals surface area contributed by atoms with Crippen molar-refractivity contribution in [2.75, 3.05) is 16.8 Å². The molecule has 2 aromatic rings. The molecule has 1 aromatic carbocycles. The molecule has 0 bridgehead atoms. The molecule has 0 saturated carbocycles. The second-order valence-electron chi connectivity index (χ2n) is 6.84. The third-order valence-electron chi connectivity index (χ3n) is 4.81. The van der Waals surface area contributed by atoms with Gasteiger partial charge in [-0.3, -0.25) is 9.69 Å². The Balaban J connectivity index is 1.97. The normalized spacial score (nSPS) is 14.7. The van der Waals surface area contributed by atoms with Crippen LogP contribution in [0, 0.1) is 5.92 Å². The Morgan fingerprint density at radius 2 is 1.93 bits per heavy atom. The Hall–Kier alpha value is -2.89. The molecule has 1 aromatic heterocycles. The van der Waals surface area contributed by atoms with Crippen molar-refractivity contribution in [2.45, 2.75) is 40.2 Å². The van der Waals surface area contributed by atoms with Gasteiger partial charge in [0.05, 0.1) is 23.6 Å². The number of urea groups is 1. The van der Waals surface area contributed by atoms with Gasteiger partial charge in [0.25, 0.3) is 0 Å². The van der Waals surface area contributed by atoms with Crippen molar-refractivity contribution < 1.29 is 9.59 Å². The van der Waals surface area contributed by atoms with Crippen molar-refractivity contribution in [1.82, 2.24) is 9.88 Å². The topological polar surface area (TPSA) is 65.5 Å². The first kappa shape index (κ1) is 18.9. The monoisotopic (exact) mass is 366 g/mol. The summed E-state index contributed by atoms with van der Waals surface area (Å²) in [6, 6.07) is 13.2. The molecular formula is C21H26N4O2. The summed E-state index contributed by atoms with van der Waals surface area (Å²) in [5.41, 5.74) is 2.36. The average molecular weight is 366 g/mol. The van der Waals surface area contributed by atoms with E-state index in [2.05, 4.69) is 10.3 Å². The van der Waals surface area contributed by atoms with Crippen LogP contribution < -0.4 is 10.2 Å². The minimum atomic E-state index is -0.0678. The maximum atomic E-state index is 13.0. The number of anilines is 3. The Kier molecular flexibility index (Phi) is 5.74. The molecule has 142 valence electrons. The van der Waals surface area contributed by atoms with Crippen LogP contribution in [0.15, 0.2) is 42.5 Å². The van der Waals surface area contributed by atoms with Crippen LogP contribution in [0.2, 0.25) is 0 Å². The molecule has 2 heterocycles. The molecule has 1 atom stereocenters. The van der Waals surface area contributed by atoms with E-state index < -0.39 is 0 Å². The number of amides is 3. The summed E-state index contributed by atoms with van der Waals surface area (Å²) in [5.74, 6) is 0.418. The molecule has 0 saturated heterocycles. The predicted octanol–water partition coefficient (Wildman–Crippen LogP) is 4.55. The number of nitrogens with one attached hydrogen (secondary N) is 1. The highest BCUT2D eigenvalue weighted by molar-refractivity contribution is 6.01. The quantitative estimate of drug-likeness (QED) is 0.815. The van der Waals surface area contributed by atoms with Gasteiger partial charge in [0, 0.05) is 12.5 Å². The number of fused-ring (bicyclic) bond motifs is 1. The van der Waals surface area contributed by atoms with Crippen molar-refractivity contribution in [3.05, 3.63) is 48.2 Å². The van der Waals surface area contributed by atoms with Gasteiger partial charge in [-0.25, -0.2) is 9.78 Å². The minimum absolute atomic E-state index is 0.0397. The predicted molar refractivity (Wildman–Crippen MR) is 107 cm³/mol. The van der Waals surface area contributed by atoms with Crippen molar-refractivity contribution >= 4 is 29.1 Å². The lowest BCUT2D eigenvalue weighted by Crippen LogP contribution is -2.45. The fourth-order valence-corrected chi connectivity index (χ4v) is 3.08. The summed E-state index contributed by atoms with van der Waals surface area (Å²) < 4.78 is 0. The Morgan fingerprint density at radius 3 is 2.59 bits per heavy atom. The van der Waals surface area contributed by atoms with Gasteiger partial charge in [-0.2, -0.15) is 0 Å². The van der Waals surface area contributed by atoms with Crippen LogP contribution in [0.4, 0.5) is 22.0 Å². The number of hydrogen-bond donors (Lipinski definition) is 1. The molecule has 0 fully saturated rings. The van der Waals surface area contributed by atoms with Gasteiger partial charge >= 0.3 is 6.03 Å². The van der Waals surface area contributed by atoms with Gasteiger partial charge in [-0.1, -0.05) is 39.0 Å². The van der Waals surface area contributed by atoms with Gasteiger partial charge in [-0.05, 0) is 37.1 Å². The molecule has 1 aliphatic rings. The summed E-state index contributed by atoms with van der Waals surface area (Å²) in [6.07, 6.45) is 1.64. The number of carbonyl (C=O) groups excluding carboxylic acids is 2. The number of carbonyl (C=O) groups is 2. The van der Waals surface area contributed by atoms with Crippen molar-refractivity contribution in [1.29, 1.82) is 0 Å². The van der Waals surface area contributed by atoms with Crippen LogP contribution >= 0.6 is 0 Å². The zero-order chi connectivity index (χ0) is 19.4. The van der Waals surface area contributed by atoms with Crippen molar-refractivity contribution in [3.63, 3.8) is 0 Å². The molecule has 6 heteroatoms. The highest BCUT2D eigenvalue weighted by atomic mass is 16.2. The number of para-hydroxylation sites is 1. The molecule has 27 heavy (non-hydrogen) atoms. The standard InChI is InChI=1S/C21H26N4O2/c1-4-13-24-14-17-18(25(21(24)27)16-9-7-6-8-10-16)11-12-19(22-17)23-20(26)15(3)5-2/h6-12,15H,4-5,13-14H2,1-3H3,(H,22,23,26)/t15-/m1/s1. The largest absolute Gasteiger partial charge is 0.329 e. The average Bonchev–Trinajstić information content (AvgIpc) is 2.69. The number of hydrogen-bond acceptors (Lipinski definition) is 3. The van der Waals surface area contributed by atoms with Gasteiger partial charge < -0.3 is 10.2 Å². The molecule has 0 radical (unpaired) electrons. The molecule has 0 unspecified atom stereocenters. The van der Waals surface area contributed by atoms with Crippen LogP contribution in [0.5, 0.6) is 0 Å². The molecule has 1 aliphatic heterocycles. The lowest BCUT2D eigenvalue weighted by atomic mass is 10.1.